The Morgan fingerprint density at radius 2 is 1.32 bits per heavy atom. The van der Waals surface area contributed by atoms with Crippen LogP contribution in [0.5, 0.6) is 0 Å². The summed E-state index contributed by atoms with van der Waals surface area (Å²) in [6.45, 7) is 1.03. The summed E-state index contributed by atoms with van der Waals surface area (Å²) < 4.78 is 0. The predicted octanol–water partition coefficient (Wildman–Crippen LogP) is 4.61. The van der Waals surface area contributed by atoms with E-state index in [9.17, 15) is 0 Å². The van der Waals surface area contributed by atoms with Crippen LogP contribution in [0.1, 0.15) is 89.9 Å². The van der Waals surface area contributed by atoms with Crippen molar-refractivity contribution < 1.29 is 0 Å². The molecule has 122 valence electrons. The van der Waals surface area contributed by atoms with Gasteiger partial charge >= 0.3 is 0 Å². The molecule has 0 aromatic heterocycles. The molecule has 0 saturated carbocycles. The number of hydrogen-bond acceptors (Lipinski definition) is 2. The summed E-state index contributed by atoms with van der Waals surface area (Å²) in [5.74, 6) is 10.3. The minimum Gasteiger partial charge on any atom is -0.252 e. The van der Waals surface area contributed by atoms with Gasteiger partial charge in [-0.2, -0.15) is 0 Å². The number of nitrogens with one attached hydrogen (secondary N) is 1. The van der Waals surface area contributed by atoms with E-state index in [1.54, 1.807) is 0 Å². The molecule has 0 spiro atoms. The number of hydrazine groups is 1. The summed E-state index contributed by atoms with van der Waals surface area (Å²) in [5, 5.41) is 2.14. The van der Waals surface area contributed by atoms with Crippen molar-refractivity contribution in [2.45, 2.75) is 95.9 Å². The van der Waals surface area contributed by atoms with E-state index in [2.05, 4.69) is 34.2 Å². The van der Waals surface area contributed by atoms with Crippen LogP contribution in [0.4, 0.5) is 0 Å². The highest BCUT2D eigenvalue weighted by atomic mass is 15.5. The van der Waals surface area contributed by atoms with Gasteiger partial charge in [-0.3, -0.25) is 5.01 Å². The van der Waals surface area contributed by atoms with Crippen molar-refractivity contribution in [3.63, 3.8) is 0 Å². The fraction of sp³-hybridized carbons (Fsp3) is 0.800. The standard InChI is InChI=1S/C20H32N2/c1-2-5-9-13-17-20(16-12-8-4-1)22-19-15-11-7-3-6-10-14-18-21-22/h20-21H,1-12,14,16,18H2. The zero-order chi connectivity index (χ0) is 15.3. The molecule has 2 heteroatoms. The quantitative estimate of drug-likeness (QED) is 0.711. The van der Waals surface area contributed by atoms with E-state index in [0.717, 1.165) is 25.8 Å². The molecule has 0 amide bonds. The van der Waals surface area contributed by atoms with Crippen molar-refractivity contribution in [1.29, 1.82) is 0 Å². The summed E-state index contributed by atoms with van der Waals surface area (Å²) >= 11 is 0. The average Bonchev–Trinajstić information content (AvgIpc) is 2.64. The maximum atomic E-state index is 3.54. The van der Waals surface area contributed by atoms with Crippen LogP contribution in [0.2, 0.25) is 0 Å². The maximum absolute atomic E-state index is 3.54. The third-order valence-corrected chi connectivity index (χ3v) is 4.57. The molecule has 0 bridgehead atoms. The Labute approximate surface area is 137 Å². The molecule has 1 N–H and O–H groups in total. The number of rotatable bonds is 1. The predicted molar refractivity (Wildman–Crippen MR) is 93.8 cm³/mol. The van der Waals surface area contributed by atoms with Crippen LogP contribution in [0.25, 0.3) is 0 Å². The molecule has 1 aliphatic carbocycles. The second-order valence-electron chi connectivity index (χ2n) is 6.58. The molecule has 1 unspecified atom stereocenters. The third-order valence-electron chi connectivity index (χ3n) is 4.57. The Morgan fingerprint density at radius 3 is 2.14 bits per heavy atom. The molecule has 0 radical (unpaired) electrons. The Morgan fingerprint density at radius 1 is 0.682 bits per heavy atom. The summed E-state index contributed by atoms with van der Waals surface area (Å²) in [6.07, 6.45) is 17.7. The Kier molecular flexibility index (Phi) is 8.97. The Hall–Kier alpha value is -1.12. The highest BCUT2D eigenvalue weighted by molar-refractivity contribution is 5.12. The third kappa shape index (κ3) is 7.24. The molecule has 1 aliphatic heterocycles. The van der Waals surface area contributed by atoms with E-state index in [-0.39, 0.29) is 6.04 Å². The van der Waals surface area contributed by atoms with Crippen molar-refractivity contribution in [3.8, 4) is 23.8 Å². The Balaban J connectivity index is 1.98. The summed E-state index contributed by atoms with van der Waals surface area (Å²) in [7, 11) is 0. The summed E-state index contributed by atoms with van der Waals surface area (Å²) in [6, 6.07) is 3.63. The minimum absolute atomic E-state index is 0.270. The van der Waals surface area contributed by atoms with Gasteiger partial charge in [0.2, 0.25) is 0 Å². The molecule has 0 aromatic carbocycles. The fourth-order valence-electron chi connectivity index (χ4n) is 3.15. The normalized spacial score (nSPS) is 25.5. The smallest absolute Gasteiger partial charge is 0.114 e. The SMILES string of the molecule is C1#CC(N2C#CCCCCCCCN2)CCCCCCCC1. The van der Waals surface area contributed by atoms with Crippen LogP contribution < -0.4 is 5.43 Å². The van der Waals surface area contributed by atoms with E-state index in [1.165, 1.54) is 70.6 Å². The average molecular weight is 300 g/mol. The van der Waals surface area contributed by atoms with Gasteiger partial charge in [0.15, 0.2) is 0 Å². The molecule has 0 aromatic rings. The van der Waals surface area contributed by atoms with Crippen LogP contribution in [-0.2, 0) is 0 Å². The first-order valence-electron chi connectivity index (χ1n) is 9.46. The molecule has 0 saturated heterocycles. The zero-order valence-electron chi connectivity index (χ0n) is 14.1. The van der Waals surface area contributed by atoms with Crippen LogP contribution in [0.3, 0.4) is 0 Å². The topological polar surface area (TPSA) is 15.3 Å². The molecular formula is C20H32N2. The van der Waals surface area contributed by atoms with Gasteiger partial charge < -0.3 is 0 Å². The molecule has 2 nitrogen and oxygen atoms in total. The van der Waals surface area contributed by atoms with Crippen LogP contribution in [-0.4, -0.2) is 17.6 Å². The van der Waals surface area contributed by atoms with E-state index in [1.807, 2.05) is 0 Å². The van der Waals surface area contributed by atoms with Crippen molar-refractivity contribution in [2.24, 2.45) is 0 Å². The van der Waals surface area contributed by atoms with E-state index in [0.29, 0.717) is 0 Å². The Bertz CT molecular complexity index is 367. The maximum Gasteiger partial charge on any atom is 0.114 e. The summed E-state index contributed by atoms with van der Waals surface area (Å²) in [5.41, 5.74) is 3.54. The van der Waals surface area contributed by atoms with Gasteiger partial charge in [0, 0.05) is 25.4 Å². The van der Waals surface area contributed by atoms with Gasteiger partial charge in [0.05, 0.1) is 0 Å². The molecule has 1 heterocycles. The molecule has 22 heavy (non-hydrogen) atoms. The van der Waals surface area contributed by atoms with Gasteiger partial charge in [-0.1, -0.05) is 63.2 Å². The van der Waals surface area contributed by atoms with E-state index < -0.39 is 0 Å². The first-order chi connectivity index (χ1) is 11.0. The highest BCUT2D eigenvalue weighted by Crippen LogP contribution is 2.14. The second-order valence-corrected chi connectivity index (χ2v) is 6.58. The largest absolute Gasteiger partial charge is 0.252 e. The molecule has 0 fully saturated rings. The lowest BCUT2D eigenvalue weighted by molar-refractivity contribution is 0.235. The van der Waals surface area contributed by atoms with Crippen molar-refractivity contribution in [3.05, 3.63) is 0 Å². The lowest BCUT2D eigenvalue weighted by atomic mass is 10.1. The second kappa shape index (κ2) is 11.4. The summed E-state index contributed by atoms with van der Waals surface area (Å²) in [4.78, 5) is 0. The van der Waals surface area contributed by atoms with Crippen LogP contribution >= 0.6 is 0 Å². The van der Waals surface area contributed by atoms with Gasteiger partial charge in [-0.15, -0.1) is 5.92 Å². The van der Waals surface area contributed by atoms with Crippen molar-refractivity contribution in [1.82, 2.24) is 10.4 Å². The fourth-order valence-corrected chi connectivity index (χ4v) is 3.15. The van der Waals surface area contributed by atoms with Gasteiger partial charge in [0.1, 0.15) is 6.04 Å². The lowest BCUT2D eigenvalue weighted by Gasteiger charge is -2.25. The lowest BCUT2D eigenvalue weighted by Crippen LogP contribution is -2.42. The minimum atomic E-state index is 0.270. The van der Waals surface area contributed by atoms with Crippen LogP contribution in [0, 0.1) is 23.8 Å². The monoisotopic (exact) mass is 300 g/mol. The van der Waals surface area contributed by atoms with E-state index >= 15 is 0 Å². The van der Waals surface area contributed by atoms with Gasteiger partial charge in [0.25, 0.3) is 0 Å². The first-order valence-corrected chi connectivity index (χ1v) is 9.46. The van der Waals surface area contributed by atoms with E-state index in [4.69, 9.17) is 0 Å². The number of nitrogens with zero attached hydrogens (tertiary/aromatic N) is 1. The molecule has 1 atom stereocenters. The molecule has 2 rings (SSSR count). The van der Waals surface area contributed by atoms with Gasteiger partial charge in [-0.25, -0.2) is 5.43 Å². The van der Waals surface area contributed by atoms with Crippen molar-refractivity contribution in [2.75, 3.05) is 6.54 Å². The zero-order valence-corrected chi connectivity index (χ0v) is 14.1. The molecule has 2 aliphatic rings. The molecular weight excluding hydrogens is 268 g/mol. The first kappa shape index (κ1) is 17.2. The highest BCUT2D eigenvalue weighted by Gasteiger charge is 2.13. The number of hydrogen-bond donors (Lipinski definition) is 1. The van der Waals surface area contributed by atoms with Crippen LogP contribution in [0.15, 0.2) is 0 Å². The van der Waals surface area contributed by atoms with Gasteiger partial charge in [-0.05, 0) is 25.7 Å². The van der Waals surface area contributed by atoms with Crippen molar-refractivity contribution >= 4 is 0 Å².